The summed E-state index contributed by atoms with van der Waals surface area (Å²) in [6, 6.07) is 27.2. The number of aromatic nitrogens is 2. The smallest absolute Gasteiger partial charge is 0.408 e. The Bertz CT molecular complexity index is 1370. The average Bonchev–Trinajstić information content (AvgIpc) is 3.52. The standard InChI is InChI=1S/C32H35N5O4/c1-2-18-37(28-16-10-5-11-17-28)30(38)22-36(21-25-12-6-3-7-13-25)31(39)29(19-27-20-33-24-34-27)35-32(40)41-23-26-14-8-4-9-15-26/h3-17,20,24,29H,2,18-19,21-23H2,1H3,(H,33,34)(H,35,40). The van der Waals surface area contributed by atoms with E-state index < -0.39 is 18.0 Å². The number of nitrogens with one attached hydrogen (secondary N) is 2. The van der Waals surface area contributed by atoms with Crippen LogP contribution in [0.4, 0.5) is 10.5 Å². The molecule has 0 saturated heterocycles. The Morgan fingerprint density at radius 2 is 1.54 bits per heavy atom. The summed E-state index contributed by atoms with van der Waals surface area (Å²) in [6.07, 6.45) is 3.29. The highest BCUT2D eigenvalue weighted by molar-refractivity contribution is 5.97. The summed E-state index contributed by atoms with van der Waals surface area (Å²) in [5.74, 6) is -0.618. The van der Waals surface area contributed by atoms with Crippen LogP contribution in [-0.4, -0.2) is 51.9 Å². The number of benzene rings is 3. The Hall–Kier alpha value is -4.92. The quantitative estimate of drug-likeness (QED) is 0.249. The number of rotatable bonds is 13. The topological polar surface area (TPSA) is 108 Å². The fourth-order valence-electron chi connectivity index (χ4n) is 4.44. The number of ether oxygens (including phenoxy) is 1. The highest BCUT2D eigenvalue weighted by Gasteiger charge is 2.30. The molecule has 3 aromatic carbocycles. The first-order chi connectivity index (χ1) is 20.0. The molecule has 4 rings (SSSR count). The molecule has 0 bridgehead atoms. The molecule has 4 aromatic rings. The van der Waals surface area contributed by atoms with E-state index in [0.717, 1.165) is 23.2 Å². The van der Waals surface area contributed by atoms with Crippen molar-refractivity contribution in [2.45, 2.75) is 39.0 Å². The fraction of sp³-hybridized carbons (Fsp3) is 0.250. The third-order valence-corrected chi connectivity index (χ3v) is 6.45. The van der Waals surface area contributed by atoms with Gasteiger partial charge in [-0.05, 0) is 29.7 Å². The number of aromatic amines is 1. The Kier molecular flexibility index (Phi) is 10.7. The number of hydrogen-bond donors (Lipinski definition) is 2. The van der Waals surface area contributed by atoms with E-state index in [1.54, 1.807) is 11.1 Å². The number of para-hydroxylation sites is 1. The maximum absolute atomic E-state index is 14.1. The van der Waals surface area contributed by atoms with Crippen molar-refractivity contribution in [2.24, 2.45) is 0 Å². The van der Waals surface area contributed by atoms with Gasteiger partial charge in [-0.15, -0.1) is 0 Å². The molecule has 0 aliphatic carbocycles. The number of imidazole rings is 1. The van der Waals surface area contributed by atoms with Gasteiger partial charge in [0.2, 0.25) is 11.8 Å². The van der Waals surface area contributed by atoms with Crippen LogP contribution in [-0.2, 0) is 33.9 Å². The molecule has 0 aliphatic heterocycles. The summed E-state index contributed by atoms with van der Waals surface area (Å²) in [5.41, 5.74) is 3.12. The average molecular weight is 554 g/mol. The molecule has 9 nitrogen and oxygen atoms in total. The second-order valence-electron chi connectivity index (χ2n) is 9.60. The van der Waals surface area contributed by atoms with Gasteiger partial charge in [-0.25, -0.2) is 9.78 Å². The first kappa shape index (κ1) is 29.1. The lowest BCUT2D eigenvalue weighted by atomic mass is 10.1. The fourth-order valence-corrected chi connectivity index (χ4v) is 4.44. The minimum absolute atomic E-state index is 0.0624. The van der Waals surface area contributed by atoms with E-state index in [9.17, 15) is 14.4 Å². The van der Waals surface area contributed by atoms with Gasteiger partial charge in [-0.1, -0.05) is 85.8 Å². The van der Waals surface area contributed by atoms with Gasteiger partial charge in [-0.2, -0.15) is 0 Å². The predicted molar refractivity (Wildman–Crippen MR) is 157 cm³/mol. The molecule has 2 N–H and O–H groups in total. The summed E-state index contributed by atoms with van der Waals surface area (Å²) in [6.45, 7) is 2.61. The molecule has 0 radical (unpaired) electrons. The van der Waals surface area contributed by atoms with Crippen LogP contribution in [0.25, 0.3) is 0 Å². The summed E-state index contributed by atoms with van der Waals surface area (Å²) >= 11 is 0. The third kappa shape index (κ3) is 8.79. The van der Waals surface area contributed by atoms with Gasteiger partial charge >= 0.3 is 6.09 Å². The number of nitrogens with zero attached hydrogens (tertiary/aromatic N) is 3. The monoisotopic (exact) mass is 553 g/mol. The van der Waals surface area contributed by atoms with E-state index in [1.807, 2.05) is 97.9 Å². The van der Waals surface area contributed by atoms with Crippen molar-refractivity contribution in [3.05, 3.63) is 120 Å². The Balaban J connectivity index is 1.56. The van der Waals surface area contributed by atoms with Crippen molar-refractivity contribution < 1.29 is 19.1 Å². The van der Waals surface area contributed by atoms with Crippen LogP contribution in [0.3, 0.4) is 0 Å². The molecule has 3 amide bonds. The Morgan fingerprint density at radius 1 is 0.902 bits per heavy atom. The number of hydrogen-bond acceptors (Lipinski definition) is 5. The van der Waals surface area contributed by atoms with Crippen LogP contribution in [0, 0.1) is 0 Å². The summed E-state index contributed by atoms with van der Waals surface area (Å²) in [5, 5.41) is 2.73. The minimum atomic E-state index is -0.994. The van der Waals surface area contributed by atoms with Gasteiger partial charge in [0.05, 0.1) is 6.33 Å². The molecule has 1 atom stereocenters. The van der Waals surface area contributed by atoms with Crippen LogP contribution in [0.2, 0.25) is 0 Å². The molecule has 1 aromatic heterocycles. The molecule has 1 unspecified atom stereocenters. The number of amides is 3. The van der Waals surface area contributed by atoms with Crippen LogP contribution in [0.15, 0.2) is 104 Å². The Morgan fingerprint density at radius 3 is 2.15 bits per heavy atom. The molecule has 1 heterocycles. The molecule has 41 heavy (non-hydrogen) atoms. The van der Waals surface area contributed by atoms with Crippen molar-refractivity contribution in [1.29, 1.82) is 0 Å². The number of carbonyl (C=O) groups excluding carboxylic acids is 3. The molecule has 0 aliphatic rings. The summed E-state index contributed by atoms with van der Waals surface area (Å²) in [7, 11) is 0. The number of H-pyrrole nitrogens is 1. The van der Waals surface area contributed by atoms with E-state index >= 15 is 0 Å². The van der Waals surface area contributed by atoms with Gasteiger partial charge < -0.3 is 24.8 Å². The highest BCUT2D eigenvalue weighted by Crippen LogP contribution is 2.16. The lowest BCUT2D eigenvalue weighted by Crippen LogP contribution is -2.52. The Labute approximate surface area is 240 Å². The first-order valence-corrected chi connectivity index (χ1v) is 13.7. The predicted octanol–water partition coefficient (Wildman–Crippen LogP) is 4.72. The minimum Gasteiger partial charge on any atom is -0.445 e. The highest BCUT2D eigenvalue weighted by atomic mass is 16.5. The number of alkyl carbamates (subject to hydrolysis) is 1. The van der Waals surface area contributed by atoms with Gasteiger partial charge in [0, 0.05) is 37.1 Å². The molecular formula is C32H35N5O4. The summed E-state index contributed by atoms with van der Waals surface area (Å²) < 4.78 is 5.41. The van der Waals surface area contributed by atoms with Crippen molar-refractivity contribution in [2.75, 3.05) is 18.0 Å². The van der Waals surface area contributed by atoms with Crippen molar-refractivity contribution >= 4 is 23.6 Å². The first-order valence-electron chi connectivity index (χ1n) is 13.7. The van der Waals surface area contributed by atoms with Crippen molar-refractivity contribution in [1.82, 2.24) is 20.2 Å². The largest absolute Gasteiger partial charge is 0.445 e. The van der Waals surface area contributed by atoms with Gasteiger partial charge in [0.25, 0.3) is 0 Å². The SMILES string of the molecule is CCCN(C(=O)CN(Cc1ccccc1)C(=O)C(Cc1cnc[nH]1)NC(=O)OCc1ccccc1)c1ccccc1. The zero-order valence-electron chi connectivity index (χ0n) is 23.1. The van der Waals surface area contributed by atoms with E-state index in [4.69, 9.17) is 4.74 Å². The van der Waals surface area contributed by atoms with Gasteiger partial charge in [0.15, 0.2) is 0 Å². The lowest BCUT2D eigenvalue weighted by molar-refractivity contribution is -0.137. The molecule has 212 valence electrons. The zero-order valence-corrected chi connectivity index (χ0v) is 23.1. The zero-order chi connectivity index (χ0) is 28.9. The second kappa shape index (κ2) is 15.0. The molecule has 0 saturated carbocycles. The molecule has 9 heteroatoms. The van der Waals surface area contributed by atoms with E-state index in [0.29, 0.717) is 12.2 Å². The summed E-state index contributed by atoms with van der Waals surface area (Å²) in [4.78, 5) is 50.8. The number of carbonyl (C=O) groups is 3. The van der Waals surface area contributed by atoms with Crippen molar-refractivity contribution in [3.8, 4) is 0 Å². The van der Waals surface area contributed by atoms with E-state index in [2.05, 4.69) is 15.3 Å². The number of anilines is 1. The van der Waals surface area contributed by atoms with Crippen LogP contribution in [0.1, 0.15) is 30.2 Å². The van der Waals surface area contributed by atoms with Gasteiger partial charge in [0.1, 0.15) is 19.2 Å². The second-order valence-corrected chi connectivity index (χ2v) is 9.60. The maximum atomic E-state index is 14.1. The molecule has 0 spiro atoms. The molecule has 0 fully saturated rings. The van der Waals surface area contributed by atoms with Crippen LogP contribution >= 0.6 is 0 Å². The van der Waals surface area contributed by atoms with E-state index in [-0.39, 0.29) is 32.0 Å². The molecular weight excluding hydrogens is 518 g/mol. The van der Waals surface area contributed by atoms with Crippen LogP contribution in [0.5, 0.6) is 0 Å². The lowest BCUT2D eigenvalue weighted by Gasteiger charge is -2.30. The maximum Gasteiger partial charge on any atom is 0.408 e. The van der Waals surface area contributed by atoms with Crippen molar-refractivity contribution in [3.63, 3.8) is 0 Å². The van der Waals surface area contributed by atoms with E-state index in [1.165, 1.54) is 11.2 Å². The normalized spacial score (nSPS) is 11.3. The van der Waals surface area contributed by atoms with Gasteiger partial charge in [-0.3, -0.25) is 9.59 Å². The van der Waals surface area contributed by atoms with Crippen LogP contribution < -0.4 is 10.2 Å². The third-order valence-electron chi connectivity index (χ3n) is 6.45.